The Labute approximate surface area is 126 Å². The first kappa shape index (κ1) is 17.1. The molecular formula is C17H23NO3. The van der Waals surface area contributed by atoms with Crippen LogP contribution < -0.4 is 5.32 Å². The molecule has 1 saturated heterocycles. The summed E-state index contributed by atoms with van der Waals surface area (Å²) in [7, 11) is 0. The summed E-state index contributed by atoms with van der Waals surface area (Å²) in [6.07, 6.45) is 2.66. The molecule has 0 saturated carbocycles. The van der Waals surface area contributed by atoms with Crippen molar-refractivity contribution in [3.63, 3.8) is 0 Å². The van der Waals surface area contributed by atoms with E-state index in [0.29, 0.717) is 12.2 Å². The molecule has 4 heteroatoms. The van der Waals surface area contributed by atoms with Gasteiger partial charge in [-0.1, -0.05) is 24.8 Å². The lowest BCUT2D eigenvalue weighted by molar-refractivity contribution is -0.114. The van der Waals surface area contributed by atoms with Crippen molar-refractivity contribution in [2.24, 2.45) is 0 Å². The van der Waals surface area contributed by atoms with E-state index >= 15 is 0 Å². The molecule has 4 nitrogen and oxygen atoms in total. The number of carbonyl (C=O) groups is 2. The van der Waals surface area contributed by atoms with E-state index in [1.165, 1.54) is 13.8 Å². The van der Waals surface area contributed by atoms with Crippen LogP contribution in [0.2, 0.25) is 0 Å². The van der Waals surface area contributed by atoms with E-state index in [1.807, 2.05) is 25.1 Å². The first-order valence-corrected chi connectivity index (χ1v) is 7.03. The van der Waals surface area contributed by atoms with Crippen LogP contribution in [0.25, 0.3) is 6.08 Å². The molecule has 1 amide bonds. The summed E-state index contributed by atoms with van der Waals surface area (Å²) in [5.41, 5.74) is 2.69. The van der Waals surface area contributed by atoms with Gasteiger partial charge >= 0.3 is 0 Å². The predicted molar refractivity (Wildman–Crippen MR) is 84.3 cm³/mol. The molecule has 1 N–H and O–H groups in total. The van der Waals surface area contributed by atoms with Crippen molar-refractivity contribution in [1.29, 1.82) is 0 Å². The molecule has 0 aliphatic carbocycles. The Hall–Kier alpha value is -1.94. The van der Waals surface area contributed by atoms with Crippen LogP contribution in [0.5, 0.6) is 0 Å². The third-order valence-corrected chi connectivity index (χ3v) is 3.11. The summed E-state index contributed by atoms with van der Waals surface area (Å²) in [6.45, 7) is 10.1. The monoisotopic (exact) mass is 289 g/mol. The molecule has 114 valence electrons. The van der Waals surface area contributed by atoms with E-state index in [-0.39, 0.29) is 17.7 Å². The highest BCUT2D eigenvalue weighted by Gasteiger charge is 2.19. The highest BCUT2D eigenvalue weighted by atomic mass is 16.5. The van der Waals surface area contributed by atoms with Crippen LogP contribution in [-0.4, -0.2) is 30.9 Å². The number of ketones is 1. The van der Waals surface area contributed by atoms with E-state index in [9.17, 15) is 9.59 Å². The van der Waals surface area contributed by atoms with Crippen molar-refractivity contribution < 1.29 is 14.3 Å². The zero-order chi connectivity index (χ0) is 15.8. The summed E-state index contributed by atoms with van der Waals surface area (Å²) >= 11 is 0. The molecule has 0 aromatic heterocycles. The largest absolute Gasteiger partial charge is 0.379 e. The first-order valence-electron chi connectivity index (χ1n) is 7.03. The normalized spacial score (nSPS) is 16.6. The SMILES string of the molecule is C=Cc1cccc(C(=O)N[C@@H]2CCOC2)c1C.CC(C)=O. The number of ether oxygens (including phenoxy) is 1. The maximum Gasteiger partial charge on any atom is 0.251 e. The minimum atomic E-state index is -0.0262. The zero-order valence-electron chi connectivity index (χ0n) is 12.9. The minimum absolute atomic E-state index is 0.0262. The first-order chi connectivity index (χ1) is 9.95. The van der Waals surface area contributed by atoms with E-state index in [4.69, 9.17) is 4.74 Å². The molecule has 1 atom stereocenters. The van der Waals surface area contributed by atoms with E-state index in [1.54, 1.807) is 6.08 Å². The van der Waals surface area contributed by atoms with Crippen LogP contribution in [0.1, 0.15) is 41.8 Å². The van der Waals surface area contributed by atoms with Gasteiger partial charge in [-0.3, -0.25) is 4.79 Å². The second kappa shape index (κ2) is 8.37. The highest BCUT2D eigenvalue weighted by Crippen LogP contribution is 2.15. The van der Waals surface area contributed by atoms with Crippen LogP contribution in [0.4, 0.5) is 0 Å². The molecule has 1 aromatic carbocycles. The van der Waals surface area contributed by atoms with Gasteiger partial charge in [0, 0.05) is 12.2 Å². The second-order valence-corrected chi connectivity index (χ2v) is 5.17. The molecule has 1 aliphatic rings. The molecule has 1 aliphatic heterocycles. The molecule has 0 radical (unpaired) electrons. The lowest BCUT2D eigenvalue weighted by atomic mass is 10.0. The molecular weight excluding hydrogens is 266 g/mol. The van der Waals surface area contributed by atoms with Crippen LogP contribution in [0.15, 0.2) is 24.8 Å². The number of hydrogen-bond acceptors (Lipinski definition) is 3. The predicted octanol–water partition coefficient (Wildman–Crippen LogP) is 2.75. The Morgan fingerprint density at radius 1 is 1.38 bits per heavy atom. The van der Waals surface area contributed by atoms with E-state index < -0.39 is 0 Å². The fourth-order valence-electron chi connectivity index (χ4n) is 2.03. The van der Waals surface area contributed by atoms with E-state index in [2.05, 4.69) is 11.9 Å². The van der Waals surface area contributed by atoms with Gasteiger partial charge in [-0.2, -0.15) is 0 Å². The van der Waals surface area contributed by atoms with Crippen molar-refractivity contribution in [1.82, 2.24) is 5.32 Å². The fourth-order valence-corrected chi connectivity index (χ4v) is 2.03. The molecule has 0 unspecified atom stereocenters. The van der Waals surface area contributed by atoms with Crippen LogP contribution >= 0.6 is 0 Å². The van der Waals surface area contributed by atoms with Gasteiger partial charge in [0.25, 0.3) is 5.91 Å². The molecule has 2 rings (SSSR count). The lowest BCUT2D eigenvalue weighted by Crippen LogP contribution is -2.35. The highest BCUT2D eigenvalue weighted by molar-refractivity contribution is 5.96. The van der Waals surface area contributed by atoms with Gasteiger partial charge in [0.2, 0.25) is 0 Å². The number of amides is 1. The van der Waals surface area contributed by atoms with Gasteiger partial charge < -0.3 is 14.8 Å². The molecule has 1 heterocycles. The van der Waals surface area contributed by atoms with Gasteiger partial charge in [0.05, 0.1) is 12.6 Å². The maximum atomic E-state index is 12.1. The van der Waals surface area contributed by atoms with Gasteiger partial charge in [-0.15, -0.1) is 0 Å². The molecule has 1 aromatic rings. The standard InChI is InChI=1S/C14H17NO2.C3H6O/c1-3-11-5-4-6-13(10(11)2)14(16)15-12-7-8-17-9-12;1-3(2)4/h3-6,12H,1,7-9H2,2H3,(H,15,16);1-2H3/t12-;/m1./s1. The Kier molecular flexibility index (Phi) is 6.82. The summed E-state index contributed by atoms with van der Waals surface area (Å²) in [5, 5.41) is 2.99. The topological polar surface area (TPSA) is 55.4 Å². The average Bonchev–Trinajstić information content (AvgIpc) is 2.91. The van der Waals surface area contributed by atoms with Crippen LogP contribution in [0, 0.1) is 6.92 Å². The Bertz CT molecular complexity index is 513. The molecule has 0 spiro atoms. The second-order valence-electron chi connectivity index (χ2n) is 5.17. The fraction of sp³-hybridized carbons (Fsp3) is 0.412. The van der Waals surface area contributed by atoms with E-state index in [0.717, 1.165) is 24.2 Å². The quantitative estimate of drug-likeness (QED) is 0.931. The third-order valence-electron chi connectivity index (χ3n) is 3.11. The Morgan fingerprint density at radius 3 is 2.57 bits per heavy atom. The number of benzene rings is 1. The lowest BCUT2D eigenvalue weighted by Gasteiger charge is -2.13. The van der Waals surface area contributed by atoms with Crippen molar-refractivity contribution >= 4 is 17.8 Å². The number of nitrogens with one attached hydrogen (secondary N) is 1. The van der Waals surface area contributed by atoms with Gasteiger partial charge in [-0.25, -0.2) is 0 Å². The van der Waals surface area contributed by atoms with Gasteiger partial charge in [0.1, 0.15) is 5.78 Å². The zero-order valence-corrected chi connectivity index (χ0v) is 12.9. The van der Waals surface area contributed by atoms with Crippen LogP contribution in [-0.2, 0) is 9.53 Å². The minimum Gasteiger partial charge on any atom is -0.379 e. The number of hydrogen-bond donors (Lipinski definition) is 1. The number of carbonyl (C=O) groups excluding carboxylic acids is 2. The third kappa shape index (κ3) is 5.52. The van der Waals surface area contributed by atoms with Gasteiger partial charge in [-0.05, 0) is 44.4 Å². The maximum absolute atomic E-state index is 12.1. The smallest absolute Gasteiger partial charge is 0.251 e. The van der Waals surface area contributed by atoms with Gasteiger partial charge in [0.15, 0.2) is 0 Å². The van der Waals surface area contributed by atoms with Crippen molar-refractivity contribution in [2.75, 3.05) is 13.2 Å². The average molecular weight is 289 g/mol. The molecule has 1 fully saturated rings. The Balaban J connectivity index is 0.000000491. The summed E-state index contributed by atoms with van der Waals surface area (Å²) in [5.74, 6) is 0.140. The summed E-state index contributed by atoms with van der Waals surface area (Å²) < 4.78 is 5.24. The molecule has 0 bridgehead atoms. The van der Waals surface area contributed by atoms with Crippen molar-refractivity contribution in [2.45, 2.75) is 33.2 Å². The summed E-state index contributed by atoms with van der Waals surface area (Å²) in [4.78, 5) is 21.5. The molecule has 21 heavy (non-hydrogen) atoms. The summed E-state index contributed by atoms with van der Waals surface area (Å²) in [6, 6.07) is 5.82. The van der Waals surface area contributed by atoms with Crippen molar-refractivity contribution in [3.8, 4) is 0 Å². The van der Waals surface area contributed by atoms with Crippen LogP contribution in [0.3, 0.4) is 0 Å². The Morgan fingerprint density at radius 2 is 2.05 bits per heavy atom. The number of Topliss-reactive ketones (excluding diaryl/α,β-unsaturated/α-hetero) is 1. The number of rotatable bonds is 3. The van der Waals surface area contributed by atoms with Crippen molar-refractivity contribution in [3.05, 3.63) is 41.5 Å².